The molecular formula is C25H35BrF3N5O. The number of nitrogens with one attached hydrogen (secondary N) is 2. The molecule has 1 atom stereocenters. The summed E-state index contributed by atoms with van der Waals surface area (Å²) in [6, 6.07) is 5.08. The Kier molecular flexibility index (Phi) is 8.02. The van der Waals surface area contributed by atoms with Crippen molar-refractivity contribution < 1.29 is 17.9 Å². The van der Waals surface area contributed by atoms with Gasteiger partial charge in [0.25, 0.3) is 0 Å². The molecule has 1 aromatic rings. The van der Waals surface area contributed by atoms with Crippen LogP contribution in [0.25, 0.3) is 0 Å². The largest absolute Gasteiger partial charge is 0.573 e. The van der Waals surface area contributed by atoms with Crippen LogP contribution in [0.3, 0.4) is 0 Å². The lowest BCUT2D eigenvalue weighted by Crippen LogP contribution is -2.61. The number of aliphatic imine (C=N–C) groups is 1. The van der Waals surface area contributed by atoms with Crippen LogP contribution < -0.4 is 21.1 Å². The molecular weight excluding hydrogens is 523 g/mol. The van der Waals surface area contributed by atoms with Crippen molar-refractivity contribution in [3.63, 3.8) is 0 Å². The Morgan fingerprint density at radius 3 is 2.60 bits per heavy atom. The third-order valence-corrected chi connectivity index (χ3v) is 7.73. The number of likely N-dealkylation sites (N-methyl/N-ethyl adjacent to an activating group) is 1. The second-order valence-electron chi connectivity index (χ2n) is 10.00. The SMILES string of the molecule is CN(C)C1=NC(N)(C2CCC(NCCc3ccc(Br)cc3OC(F)(F)F)CC2)NC2=C1CCCC2. The second kappa shape index (κ2) is 10.7. The summed E-state index contributed by atoms with van der Waals surface area (Å²) >= 11 is 3.21. The van der Waals surface area contributed by atoms with Gasteiger partial charge in [0.05, 0.1) is 0 Å². The molecule has 1 aliphatic heterocycles. The lowest BCUT2D eigenvalue weighted by molar-refractivity contribution is -0.274. The van der Waals surface area contributed by atoms with Crippen LogP contribution in [0.15, 0.2) is 38.9 Å². The predicted octanol–water partition coefficient (Wildman–Crippen LogP) is 5.04. The van der Waals surface area contributed by atoms with E-state index in [4.69, 9.17) is 10.7 Å². The Hall–Kier alpha value is -1.78. The number of halogens is 4. The number of alkyl halides is 3. The maximum Gasteiger partial charge on any atom is 0.573 e. The zero-order valence-corrected chi connectivity index (χ0v) is 21.9. The monoisotopic (exact) mass is 557 g/mol. The van der Waals surface area contributed by atoms with Gasteiger partial charge in [0.2, 0.25) is 0 Å². The maximum atomic E-state index is 12.8. The molecule has 6 nitrogen and oxygen atoms in total. The van der Waals surface area contributed by atoms with Crippen molar-refractivity contribution in [2.45, 2.75) is 76.0 Å². The lowest BCUT2D eigenvalue weighted by atomic mass is 9.80. The standard InChI is InChI=1S/C25H35BrF3N5O/c1-34(2)23-20-5-3-4-6-21(20)32-24(30,33-23)17-8-11-19(12-9-17)31-14-13-16-7-10-18(26)15-22(16)35-25(27,28)29/h7,10,15,17,19,31-32H,3-6,8-9,11-14,30H2,1-2H3. The number of ether oxygens (including phenoxy) is 1. The first-order chi connectivity index (χ1) is 16.5. The molecule has 1 fully saturated rings. The molecule has 0 bridgehead atoms. The van der Waals surface area contributed by atoms with Gasteiger partial charge in [-0.3, -0.25) is 5.73 Å². The topological polar surface area (TPSA) is 74.9 Å². The summed E-state index contributed by atoms with van der Waals surface area (Å²) in [6.07, 6.45) is 3.95. The Bertz CT molecular complexity index is 972. The third-order valence-electron chi connectivity index (χ3n) is 7.24. The van der Waals surface area contributed by atoms with Crippen molar-refractivity contribution in [3.8, 4) is 5.75 Å². The number of hydrogen-bond acceptors (Lipinski definition) is 6. The van der Waals surface area contributed by atoms with E-state index in [9.17, 15) is 13.2 Å². The van der Waals surface area contributed by atoms with Crippen molar-refractivity contribution >= 4 is 21.8 Å². The summed E-state index contributed by atoms with van der Waals surface area (Å²) in [5.74, 6) is 0.288. The van der Waals surface area contributed by atoms with Crippen LogP contribution in [0.4, 0.5) is 13.2 Å². The first-order valence-electron chi connectivity index (χ1n) is 12.4. The molecule has 10 heteroatoms. The van der Waals surface area contributed by atoms with Crippen molar-refractivity contribution in [1.29, 1.82) is 0 Å². The predicted molar refractivity (Wildman–Crippen MR) is 135 cm³/mol. The molecule has 0 spiro atoms. The minimum atomic E-state index is -4.71. The zero-order chi connectivity index (χ0) is 25.2. The van der Waals surface area contributed by atoms with Crippen molar-refractivity contribution in [3.05, 3.63) is 39.5 Å². The van der Waals surface area contributed by atoms with Crippen LogP contribution in [0.2, 0.25) is 0 Å². The average Bonchev–Trinajstić information content (AvgIpc) is 2.79. The van der Waals surface area contributed by atoms with E-state index in [2.05, 4.69) is 36.2 Å². The Morgan fingerprint density at radius 1 is 1.20 bits per heavy atom. The Labute approximate surface area is 213 Å². The minimum absolute atomic E-state index is 0.156. The highest BCUT2D eigenvalue weighted by Crippen LogP contribution is 2.37. The van der Waals surface area contributed by atoms with Gasteiger partial charge in [0.15, 0.2) is 5.79 Å². The molecule has 194 valence electrons. The van der Waals surface area contributed by atoms with E-state index in [1.165, 1.54) is 30.2 Å². The average molecular weight is 558 g/mol. The van der Waals surface area contributed by atoms with Gasteiger partial charge in [-0.2, -0.15) is 0 Å². The van der Waals surface area contributed by atoms with Crippen molar-refractivity contribution in [2.75, 3.05) is 20.6 Å². The van der Waals surface area contributed by atoms with Gasteiger partial charge in [0, 0.05) is 41.8 Å². The summed E-state index contributed by atoms with van der Waals surface area (Å²) in [6.45, 7) is 0.580. The molecule has 0 amide bonds. The van der Waals surface area contributed by atoms with Gasteiger partial charge < -0.3 is 20.3 Å². The molecule has 1 saturated carbocycles. The Morgan fingerprint density at radius 2 is 1.91 bits per heavy atom. The quantitative estimate of drug-likeness (QED) is 0.456. The van der Waals surface area contributed by atoms with Crippen LogP contribution in [-0.2, 0) is 6.42 Å². The van der Waals surface area contributed by atoms with Crippen LogP contribution in [0.1, 0.15) is 56.9 Å². The maximum absolute atomic E-state index is 12.8. The summed E-state index contributed by atoms with van der Waals surface area (Å²) in [5.41, 5.74) is 9.97. The molecule has 0 aromatic heterocycles. The number of benzene rings is 1. The number of amidine groups is 1. The molecule has 1 aromatic carbocycles. The number of nitrogens with two attached hydrogens (primary N) is 1. The number of allylic oxidation sites excluding steroid dienone is 1. The highest BCUT2D eigenvalue weighted by molar-refractivity contribution is 9.10. The van der Waals surface area contributed by atoms with Gasteiger partial charge in [-0.25, -0.2) is 4.99 Å². The van der Waals surface area contributed by atoms with E-state index in [1.807, 2.05) is 14.1 Å². The number of nitrogens with zero attached hydrogens (tertiary/aromatic N) is 2. The summed E-state index contributed by atoms with van der Waals surface area (Å²) in [5, 5.41) is 7.13. The second-order valence-corrected chi connectivity index (χ2v) is 10.9. The minimum Gasteiger partial charge on any atom is -0.405 e. The summed E-state index contributed by atoms with van der Waals surface area (Å²) in [7, 11) is 4.06. The van der Waals surface area contributed by atoms with Crippen LogP contribution in [0, 0.1) is 5.92 Å². The molecule has 2 aliphatic carbocycles. The third kappa shape index (κ3) is 6.51. The molecule has 4 N–H and O–H groups in total. The molecule has 4 rings (SSSR count). The normalized spacial score (nSPS) is 27.1. The van der Waals surface area contributed by atoms with Gasteiger partial charge in [-0.15, -0.1) is 13.2 Å². The van der Waals surface area contributed by atoms with E-state index >= 15 is 0 Å². The number of rotatable bonds is 6. The molecule has 3 aliphatic rings. The lowest BCUT2D eigenvalue weighted by Gasteiger charge is -2.45. The smallest absolute Gasteiger partial charge is 0.405 e. The van der Waals surface area contributed by atoms with E-state index < -0.39 is 12.1 Å². The van der Waals surface area contributed by atoms with Crippen molar-refractivity contribution in [1.82, 2.24) is 15.5 Å². The molecule has 0 saturated heterocycles. The van der Waals surface area contributed by atoms with Gasteiger partial charge in [-0.1, -0.05) is 22.0 Å². The zero-order valence-electron chi connectivity index (χ0n) is 20.3. The van der Waals surface area contributed by atoms with Crippen LogP contribution >= 0.6 is 15.9 Å². The summed E-state index contributed by atoms with van der Waals surface area (Å²) in [4.78, 5) is 7.09. The van der Waals surface area contributed by atoms with E-state index in [0.717, 1.165) is 44.4 Å². The van der Waals surface area contributed by atoms with Gasteiger partial charge in [-0.05, 0) is 82.0 Å². The first-order valence-corrected chi connectivity index (χ1v) is 13.2. The summed E-state index contributed by atoms with van der Waals surface area (Å²) < 4.78 is 43.1. The highest BCUT2D eigenvalue weighted by atomic mass is 79.9. The fourth-order valence-electron chi connectivity index (χ4n) is 5.47. The fourth-order valence-corrected chi connectivity index (χ4v) is 5.81. The van der Waals surface area contributed by atoms with Crippen LogP contribution in [-0.4, -0.2) is 49.6 Å². The molecule has 35 heavy (non-hydrogen) atoms. The highest BCUT2D eigenvalue weighted by Gasteiger charge is 2.42. The molecule has 0 radical (unpaired) electrons. The van der Waals surface area contributed by atoms with E-state index in [-0.39, 0.29) is 11.7 Å². The first kappa shape index (κ1) is 26.3. The number of hydrogen-bond donors (Lipinski definition) is 3. The Balaban J connectivity index is 1.32. The van der Waals surface area contributed by atoms with Gasteiger partial charge in [0.1, 0.15) is 11.6 Å². The van der Waals surface area contributed by atoms with E-state index in [0.29, 0.717) is 29.0 Å². The molecule has 1 unspecified atom stereocenters. The van der Waals surface area contributed by atoms with Gasteiger partial charge >= 0.3 is 6.36 Å². The fraction of sp³-hybridized carbons (Fsp3) is 0.640. The molecule has 1 heterocycles. The van der Waals surface area contributed by atoms with Crippen LogP contribution in [0.5, 0.6) is 5.75 Å². The van der Waals surface area contributed by atoms with E-state index in [1.54, 1.807) is 12.1 Å². The van der Waals surface area contributed by atoms with Crippen molar-refractivity contribution in [2.24, 2.45) is 16.6 Å².